The van der Waals surface area contributed by atoms with E-state index in [0.29, 0.717) is 6.54 Å². The Bertz CT molecular complexity index is 528. The van der Waals surface area contributed by atoms with Crippen LogP contribution in [0.4, 0.5) is 5.69 Å². The molecule has 1 aliphatic rings. The molecule has 18 heavy (non-hydrogen) atoms. The molecule has 0 aromatic heterocycles. The van der Waals surface area contributed by atoms with Crippen molar-refractivity contribution in [2.45, 2.75) is 20.3 Å². The molecule has 4 nitrogen and oxygen atoms in total. The molecule has 2 N–H and O–H groups in total. The summed E-state index contributed by atoms with van der Waals surface area (Å²) >= 11 is 3.46. The van der Waals surface area contributed by atoms with Crippen LogP contribution in [-0.4, -0.2) is 18.4 Å². The van der Waals surface area contributed by atoms with Gasteiger partial charge in [-0.1, -0.05) is 15.9 Å². The average molecular weight is 311 g/mol. The third kappa shape index (κ3) is 2.27. The molecular formula is C13H15BrN2O2. The summed E-state index contributed by atoms with van der Waals surface area (Å²) in [5.74, 6) is -0.818. The fraction of sp³-hybridized carbons (Fsp3) is 0.385. The highest BCUT2D eigenvalue weighted by molar-refractivity contribution is 9.10. The summed E-state index contributed by atoms with van der Waals surface area (Å²) < 4.78 is 1.02. The van der Waals surface area contributed by atoms with Crippen LogP contribution >= 0.6 is 15.9 Å². The molecule has 96 valence electrons. The summed E-state index contributed by atoms with van der Waals surface area (Å²) in [4.78, 5) is 24.8. The molecule has 0 bridgehead atoms. The smallest absolute Gasteiger partial charge is 0.227 e. The lowest BCUT2D eigenvalue weighted by atomic mass is 10.1. The van der Waals surface area contributed by atoms with Gasteiger partial charge in [0.05, 0.1) is 5.92 Å². The highest BCUT2D eigenvalue weighted by Gasteiger charge is 2.34. The van der Waals surface area contributed by atoms with Gasteiger partial charge in [0.1, 0.15) is 0 Å². The summed E-state index contributed by atoms with van der Waals surface area (Å²) in [6.45, 7) is 4.31. The molecule has 0 saturated carbocycles. The lowest BCUT2D eigenvalue weighted by Crippen LogP contribution is -2.28. The van der Waals surface area contributed by atoms with E-state index in [9.17, 15) is 9.59 Å². The van der Waals surface area contributed by atoms with Crippen LogP contribution in [0.25, 0.3) is 0 Å². The number of halogens is 1. The van der Waals surface area contributed by atoms with Gasteiger partial charge in [-0.3, -0.25) is 9.59 Å². The average Bonchev–Trinajstić information content (AvgIpc) is 2.66. The van der Waals surface area contributed by atoms with Crippen LogP contribution in [0, 0.1) is 19.8 Å². The Labute approximate surface area is 114 Å². The van der Waals surface area contributed by atoms with E-state index in [1.165, 1.54) is 0 Å². The van der Waals surface area contributed by atoms with Gasteiger partial charge in [0.25, 0.3) is 0 Å². The maximum absolute atomic E-state index is 11.9. The predicted octanol–water partition coefficient (Wildman–Crippen LogP) is 1.90. The molecule has 0 aliphatic carbocycles. The van der Waals surface area contributed by atoms with Crippen LogP contribution in [0.15, 0.2) is 16.6 Å². The lowest BCUT2D eigenvalue weighted by Gasteiger charge is -2.20. The zero-order chi connectivity index (χ0) is 13.4. The Kier molecular flexibility index (Phi) is 3.43. The van der Waals surface area contributed by atoms with Crippen molar-refractivity contribution in [2.24, 2.45) is 11.7 Å². The van der Waals surface area contributed by atoms with E-state index in [-0.39, 0.29) is 18.2 Å². The van der Waals surface area contributed by atoms with E-state index in [0.717, 1.165) is 21.3 Å². The minimum Gasteiger partial charge on any atom is -0.369 e. The first kappa shape index (κ1) is 13.1. The Morgan fingerprint density at radius 1 is 1.39 bits per heavy atom. The van der Waals surface area contributed by atoms with Gasteiger partial charge in [0.2, 0.25) is 11.8 Å². The van der Waals surface area contributed by atoms with Gasteiger partial charge < -0.3 is 10.6 Å². The van der Waals surface area contributed by atoms with E-state index < -0.39 is 5.91 Å². The number of carbonyl (C=O) groups is 2. The molecule has 2 amide bonds. The van der Waals surface area contributed by atoms with E-state index in [2.05, 4.69) is 15.9 Å². The van der Waals surface area contributed by atoms with Crippen molar-refractivity contribution in [3.8, 4) is 0 Å². The van der Waals surface area contributed by atoms with Crippen LogP contribution in [0.1, 0.15) is 17.5 Å². The molecule has 1 fully saturated rings. The quantitative estimate of drug-likeness (QED) is 0.907. The third-order valence-electron chi connectivity index (χ3n) is 3.30. The standard InChI is InChI=1S/C13H15BrN2O2/c1-7-4-11(8(2)3-10(7)14)16-6-9(13(15)18)5-12(16)17/h3-4,9H,5-6H2,1-2H3,(H2,15,18)/t9-/m1/s1. The molecule has 0 radical (unpaired) electrons. The number of nitrogens with two attached hydrogens (primary N) is 1. The number of carbonyl (C=O) groups excluding carboxylic acids is 2. The second-order valence-electron chi connectivity index (χ2n) is 4.70. The van der Waals surface area contributed by atoms with Crippen molar-refractivity contribution in [3.05, 3.63) is 27.7 Å². The fourth-order valence-corrected chi connectivity index (χ4v) is 2.65. The molecule has 1 atom stereocenters. The second-order valence-corrected chi connectivity index (χ2v) is 5.55. The maximum Gasteiger partial charge on any atom is 0.227 e. The van der Waals surface area contributed by atoms with E-state index in [1.54, 1.807) is 4.90 Å². The Balaban J connectivity index is 2.35. The monoisotopic (exact) mass is 310 g/mol. The van der Waals surface area contributed by atoms with Crippen molar-refractivity contribution >= 4 is 33.4 Å². The predicted molar refractivity (Wildman–Crippen MR) is 73.3 cm³/mol. The minimum absolute atomic E-state index is 0.0383. The molecule has 1 aromatic carbocycles. The molecule has 1 aliphatic heterocycles. The summed E-state index contributed by atoms with van der Waals surface area (Å²) in [5.41, 5.74) is 8.20. The number of nitrogens with zero attached hydrogens (tertiary/aromatic N) is 1. The van der Waals surface area contributed by atoms with Gasteiger partial charge in [-0.05, 0) is 37.1 Å². The number of rotatable bonds is 2. The summed E-state index contributed by atoms with van der Waals surface area (Å²) in [6.07, 6.45) is 0.212. The number of amides is 2. The Morgan fingerprint density at radius 2 is 2.06 bits per heavy atom. The lowest BCUT2D eigenvalue weighted by molar-refractivity contribution is -0.123. The maximum atomic E-state index is 11.9. The molecule has 0 unspecified atom stereocenters. The molecule has 1 aromatic rings. The van der Waals surface area contributed by atoms with E-state index in [4.69, 9.17) is 5.73 Å². The van der Waals surface area contributed by atoms with Crippen molar-refractivity contribution in [1.29, 1.82) is 0 Å². The van der Waals surface area contributed by atoms with Gasteiger partial charge in [0.15, 0.2) is 0 Å². The number of hydrogen-bond donors (Lipinski definition) is 1. The van der Waals surface area contributed by atoms with Gasteiger partial charge in [-0.2, -0.15) is 0 Å². The second kappa shape index (κ2) is 4.72. The zero-order valence-corrected chi connectivity index (χ0v) is 12.0. The summed E-state index contributed by atoms with van der Waals surface area (Å²) in [7, 11) is 0. The number of aryl methyl sites for hydroxylation is 2. The molecule has 1 saturated heterocycles. The van der Waals surface area contributed by atoms with Crippen LogP contribution in [-0.2, 0) is 9.59 Å². The summed E-state index contributed by atoms with van der Waals surface area (Å²) in [5, 5.41) is 0. The largest absolute Gasteiger partial charge is 0.369 e. The van der Waals surface area contributed by atoms with Crippen LogP contribution in [0.5, 0.6) is 0 Å². The molecule has 2 rings (SSSR count). The Morgan fingerprint density at radius 3 is 2.61 bits per heavy atom. The number of primary amides is 1. The topological polar surface area (TPSA) is 63.4 Å². The van der Waals surface area contributed by atoms with Crippen molar-refractivity contribution in [1.82, 2.24) is 0 Å². The zero-order valence-electron chi connectivity index (χ0n) is 10.4. The first-order valence-corrected chi connectivity index (χ1v) is 6.56. The number of hydrogen-bond acceptors (Lipinski definition) is 2. The van der Waals surface area contributed by atoms with Gasteiger partial charge in [-0.25, -0.2) is 0 Å². The molecule has 0 spiro atoms. The fourth-order valence-electron chi connectivity index (χ4n) is 2.19. The van der Waals surface area contributed by atoms with Crippen LogP contribution in [0.3, 0.4) is 0 Å². The Hall–Kier alpha value is -1.36. The van der Waals surface area contributed by atoms with Crippen molar-refractivity contribution in [2.75, 3.05) is 11.4 Å². The first-order valence-electron chi connectivity index (χ1n) is 5.76. The highest BCUT2D eigenvalue weighted by atomic mass is 79.9. The SMILES string of the molecule is Cc1cc(N2C[C@H](C(N)=O)CC2=O)c(C)cc1Br. The molecule has 1 heterocycles. The highest BCUT2D eigenvalue weighted by Crippen LogP contribution is 2.31. The van der Waals surface area contributed by atoms with Crippen molar-refractivity contribution in [3.63, 3.8) is 0 Å². The summed E-state index contributed by atoms with van der Waals surface area (Å²) in [6, 6.07) is 3.94. The molecule has 5 heteroatoms. The van der Waals surface area contributed by atoms with Gasteiger partial charge in [0, 0.05) is 23.1 Å². The van der Waals surface area contributed by atoms with E-state index >= 15 is 0 Å². The molecular weight excluding hydrogens is 296 g/mol. The minimum atomic E-state index is -0.405. The van der Waals surface area contributed by atoms with Crippen LogP contribution in [0.2, 0.25) is 0 Å². The van der Waals surface area contributed by atoms with Gasteiger partial charge >= 0.3 is 0 Å². The third-order valence-corrected chi connectivity index (χ3v) is 4.15. The number of benzene rings is 1. The van der Waals surface area contributed by atoms with Crippen LogP contribution < -0.4 is 10.6 Å². The normalized spacial score (nSPS) is 19.4. The van der Waals surface area contributed by atoms with Crippen molar-refractivity contribution < 1.29 is 9.59 Å². The number of anilines is 1. The van der Waals surface area contributed by atoms with Gasteiger partial charge in [-0.15, -0.1) is 0 Å². The first-order chi connectivity index (χ1) is 8.40. The van der Waals surface area contributed by atoms with E-state index in [1.807, 2.05) is 26.0 Å².